The van der Waals surface area contributed by atoms with Crippen molar-refractivity contribution < 1.29 is 0 Å². The Balaban J connectivity index is 2.70. The van der Waals surface area contributed by atoms with Gasteiger partial charge in [-0.25, -0.2) is 0 Å². The molecule has 0 aromatic carbocycles. The Morgan fingerprint density at radius 1 is 1.43 bits per heavy atom. The summed E-state index contributed by atoms with van der Waals surface area (Å²) < 4.78 is 1.01. The van der Waals surface area contributed by atoms with Crippen molar-refractivity contribution in [2.75, 3.05) is 0 Å². The highest BCUT2D eigenvalue weighted by Crippen LogP contribution is 2.21. The summed E-state index contributed by atoms with van der Waals surface area (Å²) in [6, 6.07) is 2.23. The summed E-state index contributed by atoms with van der Waals surface area (Å²) in [6.45, 7) is 6.47. The van der Waals surface area contributed by atoms with Crippen LogP contribution in [0.3, 0.4) is 0 Å². The van der Waals surface area contributed by atoms with Crippen molar-refractivity contribution in [1.29, 1.82) is 0 Å². The predicted molar refractivity (Wildman–Crippen MR) is 63.1 cm³/mol. The molecule has 14 heavy (non-hydrogen) atoms. The lowest BCUT2D eigenvalue weighted by atomic mass is 9.84. The van der Waals surface area contributed by atoms with Crippen LogP contribution in [-0.4, -0.2) is 11.0 Å². The fraction of sp³-hybridized carbons (Fsp3) is 0.545. The molecule has 1 atom stereocenters. The third kappa shape index (κ3) is 3.39. The third-order valence-corrected chi connectivity index (χ3v) is 2.76. The summed E-state index contributed by atoms with van der Waals surface area (Å²) in [5.74, 6) is 0. The maximum Gasteiger partial charge on any atom is 0.0410 e. The number of hydrogen-bond donors (Lipinski definition) is 1. The zero-order valence-corrected chi connectivity index (χ0v) is 10.5. The molecular weight excluding hydrogens is 240 g/mol. The molecule has 0 radical (unpaired) electrons. The molecule has 0 amide bonds. The highest BCUT2D eigenvalue weighted by atomic mass is 79.9. The lowest BCUT2D eigenvalue weighted by Crippen LogP contribution is -2.36. The van der Waals surface area contributed by atoms with E-state index in [1.807, 2.05) is 6.20 Å². The molecule has 1 aromatic rings. The van der Waals surface area contributed by atoms with Crippen LogP contribution in [0.15, 0.2) is 22.9 Å². The van der Waals surface area contributed by atoms with Gasteiger partial charge in [-0.05, 0) is 39.4 Å². The van der Waals surface area contributed by atoms with E-state index in [4.69, 9.17) is 5.73 Å². The normalized spacial score (nSPS) is 14.1. The number of hydrogen-bond acceptors (Lipinski definition) is 2. The Bertz CT molecular complexity index is 304. The molecule has 0 aliphatic carbocycles. The van der Waals surface area contributed by atoms with Crippen molar-refractivity contribution in [3.63, 3.8) is 0 Å². The molecule has 0 aliphatic heterocycles. The average Bonchev–Trinajstić information content (AvgIpc) is 2.02. The van der Waals surface area contributed by atoms with E-state index in [9.17, 15) is 0 Å². The summed E-state index contributed by atoms with van der Waals surface area (Å²) in [5, 5.41) is 0. The maximum absolute atomic E-state index is 6.09. The minimum absolute atomic E-state index is 0.141. The molecule has 0 saturated heterocycles. The van der Waals surface area contributed by atoms with Gasteiger partial charge in [0.25, 0.3) is 0 Å². The molecule has 2 N–H and O–H groups in total. The molecule has 1 aromatic heterocycles. The van der Waals surface area contributed by atoms with E-state index in [1.54, 1.807) is 6.20 Å². The van der Waals surface area contributed by atoms with Crippen molar-refractivity contribution in [2.24, 2.45) is 11.1 Å². The summed E-state index contributed by atoms with van der Waals surface area (Å²) in [4.78, 5) is 4.12. The molecule has 3 heteroatoms. The zero-order chi connectivity index (χ0) is 10.8. The first-order chi connectivity index (χ1) is 6.39. The molecular formula is C11H17BrN2. The summed E-state index contributed by atoms with van der Waals surface area (Å²) >= 11 is 3.40. The minimum Gasteiger partial charge on any atom is -0.327 e. The van der Waals surface area contributed by atoms with Crippen molar-refractivity contribution in [3.05, 3.63) is 28.5 Å². The van der Waals surface area contributed by atoms with E-state index >= 15 is 0 Å². The molecule has 1 rings (SSSR count). The van der Waals surface area contributed by atoms with Gasteiger partial charge >= 0.3 is 0 Å². The lowest BCUT2D eigenvalue weighted by molar-refractivity contribution is 0.318. The van der Waals surface area contributed by atoms with E-state index in [2.05, 4.69) is 47.8 Å². The zero-order valence-electron chi connectivity index (χ0n) is 8.92. The molecule has 0 fully saturated rings. The highest BCUT2D eigenvalue weighted by Gasteiger charge is 2.20. The van der Waals surface area contributed by atoms with Gasteiger partial charge in [0, 0.05) is 22.9 Å². The van der Waals surface area contributed by atoms with Gasteiger partial charge in [0.2, 0.25) is 0 Å². The molecule has 1 unspecified atom stereocenters. The van der Waals surface area contributed by atoms with Gasteiger partial charge in [-0.1, -0.05) is 20.8 Å². The largest absolute Gasteiger partial charge is 0.327 e. The van der Waals surface area contributed by atoms with Gasteiger partial charge in [-0.15, -0.1) is 0 Å². The van der Waals surface area contributed by atoms with Crippen LogP contribution in [0.2, 0.25) is 0 Å². The lowest BCUT2D eigenvalue weighted by Gasteiger charge is -2.26. The number of halogens is 1. The quantitative estimate of drug-likeness (QED) is 0.884. The molecule has 0 saturated carbocycles. The molecule has 78 valence electrons. The van der Waals surface area contributed by atoms with Crippen LogP contribution in [-0.2, 0) is 6.42 Å². The highest BCUT2D eigenvalue weighted by molar-refractivity contribution is 9.10. The fourth-order valence-electron chi connectivity index (χ4n) is 1.13. The molecule has 1 heterocycles. The van der Waals surface area contributed by atoms with Crippen LogP contribution >= 0.6 is 15.9 Å². The predicted octanol–water partition coefficient (Wildman–Crippen LogP) is 2.76. The second-order valence-electron chi connectivity index (χ2n) is 4.69. The SMILES string of the molecule is CC(C)(C)C(N)Cc1cncc(Br)c1. The van der Waals surface area contributed by atoms with Gasteiger partial charge in [0.1, 0.15) is 0 Å². The van der Waals surface area contributed by atoms with Crippen LogP contribution in [0.5, 0.6) is 0 Å². The van der Waals surface area contributed by atoms with Crippen LogP contribution in [0.1, 0.15) is 26.3 Å². The summed E-state index contributed by atoms with van der Waals surface area (Å²) in [5.41, 5.74) is 7.41. The third-order valence-electron chi connectivity index (χ3n) is 2.33. The van der Waals surface area contributed by atoms with Crippen molar-refractivity contribution in [1.82, 2.24) is 4.98 Å². The fourth-order valence-corrected chi connectivity index (χ4v) is 1.54. The first-order valence-corrected chi connectivity index (χ1v) is 5.54. The Kier molecular flexibility index (Phi) is 3.67. The van der Waals surface area contributed by atoms with E-state index in [0.29, 0.717) is 0 Å². The first kappa shape index (κ1) is 11.7. The number of aromatic nitrogens is 1. The maximum atomic E-state index is 6.09. The van der Waals surface area contributed by atoms with Gasteiger partial charge in [-0.3, -0.25) is 4.98 Å². The molecule has 0 spiro atoms. The number of nitrogens with two attached hydrogens (primary N) is 1. The second kappa shape index (κ2) is 4.41. The smallest absolute Gasteiger partial charge is 0.0410 e. The van der Waals surface area contributed by atoms with Crippen LogP contribution < -0.4 is 5.73 Å². The van der Waals surface area contributed by atoms with Crippen molar-refractivity contribution >= 4 is 15.9 Å². The van der Waals surface area contributed by atoms with E-state index in [1.165, 1.54) is 5.56 Å². The van der Waals surface area contributed by atoms with Crippen molar-refractivity contribution in [3.8, 4) is 0 Å². The van der Waals surface area contributed by atoms with E-state index in [0.717, 1.165) is 10.9 Å². The molecule has 2 nitrogen and oxygen atoms in total. The van der Waals surface area contributed by atoms with Gasteiger partial charge in [-0.2, -0.15) is 0 Å². The Hall–Kier alpha value is -0.410. The number of pyridine rings is 1. The van der Waals surface area contributed by atoms with Gasteiger partial charge in [0.05, 0.1) is 0 Å². The van der Waals surface area contributed by atoms with E-state index in [-0.39, 0.29) is 11.5 Å². The Labute approximate surface area is 94.0 Å². The average molecular weight is 257 g/mol. The standard InChI is InChI=1S/C11H17BrN2/c1-11(2,3)10(13)5-8-4-9(12)7-14-6-8/h4,6-7,10H,5,13H2,1-3H3. The number of nitrogens with zero attached hydrogens (tertiary/aromatic N) is 1. The minimum atomic E-state index is 0.141. The molecule has 0 bridgehead atoms. The summed E-state index contributed by atoms with van der Waals surface area (Å²) in [7, 11) is 0. The van der Waals surface area contributed by atoms with Crippen molar-refractivity contribution in [2.45, 2.75) is 33.2 Å². The molecule has 0 aliphatic rings. The topological polar surface area (TPSA) is 38.9 Å². The Morgan fingerprint density at radius 3 is 2.57 bits per heavy atom. The first-order valence-electron chi connectivity index (χ1n) is 4.74. The Morgan fingerprint density at radius 2 is 2.07 bits per heavy atom. The van der Waals surface area contributed by atoms with Crippen LogP contribution in [0.4, 0.5) is 0 Å². The van der Waals surface area contributed by atoms with Gasteiger partial charge < -0.3 is 5.73 Å². The number of rotatable bonds is 2. The van der Waals surface area contributed by atoms with E-state index < -0.39 is 0 Å². The summed E-state index contributed by atoms with van der Waals surface area (Å²) in [6.07, 6.45) is 4.53. The second-order valence-corrected chi connectivity index (χ2v) is 5.60. The van der Waals surface area contributed by atoms with Crippen LogP contribution in [0.25, 0.3) is 0 Å². The van der Waals surface area contributed by atoms with Gasteiger partial charge in [0.15, 0.2) is 0 Å². The van der Waals surface area contributed by atoms with Crippen LogP contribution in [0, 0.1) is 5.41 Å². The monoisotopic (exact) mass is 256 g/mol.